The predicted octanol–water partition coefficient (Wildman–Crippen LogP) is 5.98. The molecule has 0 radical (unpaired) electrons. The average Bonchev–Trinajstić information content (AvgIpc) is 3.37. The Morgan fingerprint density at radius 1 is 1.03 bits per heavy atom. The Hall–Kier alpha value is -3.67. The van der Waals surface area contributed by atoms with Crippen LogP contribution in [0.4, 0.5) is 11.4 Å². The number of nitrogens with zero attached hydrogens (tertiary/aromatic N) is 2. The number of hydrogen-bond acceptors (Lipinski definition) is 6. The molecular weight excluding hydrogens is 476 g/mol. The lowest BCUT2D eigenvalue weighted by molar-refractivity contribution is -0.114. The summed E-state index contributed by atoms with van der Waals surface area (Å²) < 4.78 is 0. The van der Waals surface area contributed by atoms with Gasteiger partial charge < -0.3 is 10.6 Å². The number of hydrogen-bond donors (Lipinski definition) is 2. The normalized spacial score (nSPS) is 17.3. The summed E-state index contributed by atoms with van der Waals surface area (Å²) in [6.45, 7) is 3.74. The van der Waals surface area contributed by atoms with Crippen molar-refractivity contribution in [1.82, 2.24) is 0 Å². The van der Waals surface area contributed by atoms with Crippen LogP contribution >= 0.6 is 23.1 Å². The number of benzene rings is 2. The van der Waals surface area contributed by atoms with Gasteiger partial charge in [0, 0.05) is 33.4 Å². The third kappa shape index (κ3) is 5.88. The molecule has 2 N–H and O–H groups in total. The maximum atomic E-state index is 13.3. The molecule has 3 aromatic rings. The van der Waals surface area contributed by atoms with E-state index in [0.29, 0.717) is 22.0 Å². The molecule has 2 atom stereocenters. The molecule has 0 bridgehead atoms. The van der Waals surface area contributed by atoms with Gasteiger partial charge >= 0.3 is 0 Å². The third-order valence-electron chi connectivity index (χ3n) is 5.50. The van der Waals surface area contributed by atoms with E-state index in [4.69, 9.17) is 0 Å². The van der Waals surface area contributed by atoms with Gasteiger partial charge in [0.1, 0.15) is 5.92 Å². The summed E-state index contributed by atoms with van der Waals surface area (Å²) in [6.07, 6.45) is 0. The number of thioether (sulfide) groups is 1. The fourth-order valence-electron chi connectivity index (χ4n) is 3.94. The van der Waals surface area contributed by atoms with E-state index in [9.17, 15) is 14.9 Å². The maximum absolute atomic E-state index is 13.3. The van der Waals surface area contributed by atoms with E-state index in [1.54, 1.807) is 6.92 Å². The van der Waals surface area contributed by atoms with Crippen molar-refractivity contribution in [2.45, 2.75) is 19.8 Å². The highest BCUT2D eigenvalue weighted by molar-refractivity contribution is 8.14. The molecule has 0 spiro atoms. The topological polar surface area (TPSA) is 94.4 Å². The highest BCUT2D eigenvalue weighted by Crippen LogP contribution is 2.43. The molecule has 0 saturated carbocycles. The van der Waals surface area contributed by atoms with E-state index in [-0.39, 0.29) is 17.6 Å². The van der Waals surface area contributed by atoms with Gasteiger partial charge in [0.15, 0.2) is 0 Å². The lowest BCUT2D eigenvalue weighted by Crippen LogP contribution is -2.31. The summed E-state index contributed by atoms with van der Waals surface area (Å²) in [4.78, 5) is 31.5. The van der Waals surface area contributed by atoms with Crippen LogP contribution in [0.1, 0.15) is 23.3 Å². The van der Waals surface area contributed by atoms with Crippen LogP contribution in [0.5, 0.6) is 0 Å². The molecule has 176 valence electrons. The Balaban J connectivity index is 1.59. The predicted molar refractivity (Wildman–Crippen MR) is 144 cm³/mol. The monoisotopic (exact) mass is 500 g/mol. The van der Waals surface area contributed by atoms with Crippen molar-refractivity contribution >= 4 is 51.3 Å². The second kappa shape index (κ2) is 11.2. The van der Waals surface area contributed by atoms with E-state index in [0.717, 1.165) is 16.1 Å². The van der Waals surface area contributed by atoms with Crippen LogP contribution in [-0.4, -0.2) is 22.6 Å². The van der Waals surface area contributed by atoms with Gasteiger partial charge in [-0.3, -0.25) is 9.59 Å². The van der Waals surface area contributed by atoms with Gasteiger partial charge in [0.2, 0.25) is 5.91 Å². The van der Waals surface area contributed by atoms with Crippen molar-refractivity contribution in [1.29, 1.82) is 5.26 Å². The molecule has 2 heterocycles. The number of para-hydroxylation sites is 1. The van der Waals surface area contributed by atoms with Crippen LogP contribution in [0.2, 0.25) is 0 Å². The molecule has 4 rings (SSSR count). The number of carbonyl (C=O) groups is 2. The Kier molecular flexibility index (Phi) is 7.80. The number of carbonyl (C=O) groups excluding carboxylic acids is 2. The second-order valence-electron chi connectivity index (χ2n) is 8.08. The number of allylic oxidation sites excluding steroid dienone is 1. The lowest BCUT2D eigenvalue weighted by atomic mass is 9.82. The minimum Gasteiger partial charge on any atom is -0.325 e. The molecule has 2 amide bonds. The van der Waals surface area contributed by atoms with E-state index in [1.807, 2.05) is 79.0 Å². The summed E-state index contributed by atoms with van der Waals surface area (Å²) in [6, 6.07) is 23.0. The van der Waals surface area contributed by atoms with Gasteiger partial charge in [0.05, 0.1) is 16.9 Å². The van der Waals surface area contributed by atoms with Crippen LogP contribution < -0.4 is 10.6 Å². The van der Waals surface area contributed by atoms with Crippen LogP contribution in [0.25, 0.3) is 0 Å². The van der Waals surface area contributed by atoms with Gasteiger partial charge in [-0.1, -0.05) is 48.2 Å². The number of nitriles is 1. The summed E-state index contributed by atoms with van der Waals surface area (Å²) >= 11 is 2.74. The lowest BCUT2D eigenvalue weighted by Gasteiger charge is -2.29. The average molecular weight is 501 g/mol. The first-order valence-electron chi connectivity index (χ1n) is 11.0. The van der Waals surface area contributed by atoms with Crippen LogP contribution in [0.3, 0.4) is 0 Å². The third-order valence-corrected chi connectivity index (χ3v) is 7.50. The molecule has 1 aliphatic rings. The smallest absolute Gasteiger partial charge is 0.254 e. The van der Waals surface area contributed by atoms with Crippen molar-refractivity contribution in [3.05, 3.63) is 93.8 Å². The molecule has 35 heavy (non-hydrogen) atoms. The summed E-state index contributed by atoms with van der Waals surface area (Å²) in [5.41, 5.74) is 3.47. The van der Waals surface area contributed by atoms with Crippen molar-refractivity contribution in [2.24, 2.45) is 10.9 Å². The van der Waals surface area contributed by atoms with E-state index in [2.05, 4.69) is 21.7 Å². The second-order valence-corrected chi connectivity index (χ2v) is 10.1. The number of anilines is 2. The maximum Gasteiger partial charge on any atom is 0.254 e. The van der Waals surface area contributed by atoms with E-state index >= 15 is 0 Å². The van der Waals surface area contributed by atoms with E-state index < -0.39 is 11.8 Å². The zero-order valence-corrected chi connectivity index (χ0v) is 21.0. The fourth-order valence-corrected chi connectivity index (χ4v) is 5.73. The Morgan fingerprint density at radius 3 is 2.49 bits per heavy atom. The first-order valence-corrected chi connectivity index (χ1v) is 12.9. The minimum atomic E-state index is -0.675. The summed E-state index contributed by atoms with van der Waals surface area (Å²) in [5, 5.41) is 18.4. The van der Waals surface area contributed by atoms with Crippen LogP contribution in [0, 0.1) is 24.2 Å². The molecular formula is C27H24N4O2S2. The van der Waals surface area contributed by atoms with Crippen molar-refractivity contribution in [3.8, 4) is 6.07 Å². The standard InChI is InChI=1S/C27H24N4O2S2/c1-17-8-6-11-20(14-17)30-23(32)16-35-27-21(15-28)25(22-12-7-13-34-22)24(18(2)29-27)26(33)31-19-9-4-3-5-10-19/h3-14,21,25H,16H2,1-2H3,(H,30,32)(H,31,33). The number of aliphatic imine (C=N–C) groups is 1. The van der Waals surface area contributed by atoms with Crippen molar-refractivity contribution in [2.75, 3.05) is 16.4 Å². The Bertz CT molecular complexity index is 1320. The molecule has 8 heteroatoms. The van der Waals surface area contributed by atoms with Crippen LogP contribution in [-0.2, 0) is 9.59 Å². The molecule has 0 aliphatic carbocycles. The van der Waals surface area contributed by atoms with Gasteiger partial charge in [0.25, 0.3) is 5.91 Å². The van der Waals surface area contributed by atoms with Crippen molar-refractivity contribution < 1.29 is 9.59 Å². The van der Waals surface area contributed by atoms with E-state index in [1.165, 1.54) is 23.1 Å². The first-order chi connectivity index (χ1) is 17.0. The molecule has 6 nitrogen and oxygen atoms in total. The first kappa shape index (κ1) is 24.5. The summed E-state index contributed by atoms with van der Waals surface area (Å²) in [5.74, 6) is -1.49. The Labute approximate surface area is 212 Å². The SMILES string of the molecule is CC1=C(C(=O)Nc2ccccc2)C(c2cccs2)C(C#N)C(SCC(=O)Nc2cccc(C)c2)=N1. The number of nitrogens with one attached hydrogen (secondary N) is 2. The fraction of sp³-hybridized carbons (Fsp3) is 0.185. The summed E-state index contributed by atoms with van der Waals surface area (Å²) in [7, 11) is 0. The molecule has 0 saturated heterocycles. The molecule has 1 aliphatic heterocycles. The zero-order valence-electron chi connectivity index (χ0n) is 19.3. The molecule has 0 fully saturated rings. The van der Waals surface area contributed by atoms with Crippen LogP contribution in [0.15, 0.2) is 88.4 Å². The van der Waals surface area contributed by atoms with Gasteiger partial charge in [-0.25, -0.2) is 4.99 Å². The molecule has 1 aromatic heterocycles. The quantitative estimate of drug-likeness (QED) is 0.436. The molecule has 2 unspecified atom stereocenters. The molecule has 2 aromatic carbocycles. The highest BCUT2D eigenvalue weighted by Gasteiger charge is 2.39. The van der Waals surface area contributed by atoms with Gasteiger partial charge in [-0.2, -0.15) is 5.26 Å². The number of amides is 2. The number of thiophene rings is 1. The zero-order chi connectivity index (χ0) is 24.8. The van der Waals surface area contributed by atoms with Gasteiger partial charge in [-0.15, -0.1) is 11.3 Å². The number of rotatable bonds is 6. The van der Waals surface area contributed by atoms with Gasteiger partial charge in [-0.05, 0) is 55.1 Å². The Morgan fingerprint density at radius 2 is 1.80 bits per heavy atom. The minimum absolute atomic E-state index is 0.112. The highest BCUT2D eigenvalue weighted by atomic mass is 32.2. The van der Waals surface area contributed by atoms with Crippen molar-refractivity contribution in [3.63, 3.8) is 0 Å². The number of aryl methyl sites for hydroxylation is 1. The largest absolute Gasteiger partial charge is 0.325 e.